The fraction of sp³-hybridized carbons (Fsp3) is 0.353. The van der Waals surface area contributed by atoms with Crippen LogP contribution >= 0.6 is 0 Å². The summed E-state index contributed by atoms with van der Waals surface area (Å²) in [7, 11) is 0. The molecule has 1 saturated heterocycles. The number of nitriles is 1. The van der Waals surface area contributed by atoms with Gasteiger partial charge in [-0.1, -0.05) is 6.07 Å². The van der Waals surface area contributed by atoms with E-state index < -0.39 is 6.10 Å². The second-order valence-electron chi connectivity index (χ2n) is 5.71. The molecule has 3 rings (SSSR count). The van der Waals surface area contributed by atoms with E-state index in [0.29, 0.717) is 17.9 Å². The number of likely N-dealkylation sites (tertiary alicyclic amines) is 1. The lowest BCUT2D eigenvalue weighted by molar-refractivity contribution is 0.0555. The summed E-state index contributed by atoms with van der Waals surface area (Å²) in [4.78, 5) is 10.7. The number of hydrogen-bond donors (Lipinski definition) is 2. The zero-order chi connectivity index (χ0) is 16.1. The van der Waals surface area contributed by atoms with Crippen LogP contribution in [0.15, 0.2) is 42.7 Å². The van der Waals surface area contributed by atoms with Gasteiger partial charge in [-0.05, 0) is 30.7 Å². The first-order chi connectivity index (χ1) is 11.2. The Bertz CT molecular complexity index is 668. The molecule has 2 aromatic rings. The van der Waals surface area contributed by atoms with Gasteiger partial charge < -0.3 is 10.4 Å². The van der Waals surface area contributed by atoms with E-state index in [0.717, 1.165) is 25.2 Å². The molecule has 6 heteroatoms. The summed E-state index contributed by atoms with van der Waals surface area (Å²) in [6, 6.07) is 11.4. The third-order valence-electron chi connectivity index (χ3n) is 4.00. The maximum atomic E-state index is 10.4. The molecule has 1 aliphatic heterocycles. The Labute approximate surface area is 135 Å². The van der Waals surface area contributed by atoms with Gasteiger partial charge in [0.2, 0.25) is 0 Å². The molecule has 0 unspecified atom stereocenters. The van der Waals surface area contributed by atoms with Gasteiger partial charge in [0.1, 0.15) is 11.9 Å². The summed E-state index contributed by atoms with van der Waals surface area (Å²) in [6.45, 7) is 2.24. The van der Waals surface area contributed by atoms with Crippen molar-refractivity contribution in [2.75, 3.05) is 18.4 Å². The van der Waals surface area contributed by atoms with Crippen molar-refractivity contribution in [3.63, 3.8) is 0 Å². The summed E-state index contributed by atoms with van der Waals surface area (Å²) >= 11 is 0. The van der Waals surface area contributed by atoms with E-state index >= 15 is 0 Å². The van der Waals surface area contributed by atoms with Gasteiger partial charge in [0.05, 0.1) is 23.4 Å². The van der Waals surface area contributed by atoms with Crippen LogP contribution in [0.25, 0.3) is 0 Å². The molecule has 0 amide bonds. The Kier molecular flexibility index (Phi) is 4.81. The van der Waals surface area contributed by atoms with Crippen LogP contribution in [-0.4, -0.2) is 45.2 Å². The lowest BCUT2D eigenvalue weighted by Crippen LogP contribution is -2.49. The maximum Gasteiger partial charge on any atom is 0.126 e. The maximum absolute atomic E-state index is 10.4. The van der Waals surface area contributed by atoms with Crippen LogP contribution in [0, 0.1) is 11.3 Å². The van der Waals surface area contributed by atoms with Crippen molar-refractivity contribution in [3.05, 3.63) is 54.0 Å². The largest absolute Gasteiger partial charge is 0.390 e. The molecule has 0 radical (unpaired) electrons. The smallest absolute Gasteiger partial charge is 0.126 e. The number of pyridine rings is 2. The van der Waals surface area contributed by atoms with E-state index in [2.05, 4.69) is 20.2 Å². The zero-order valence-electron chi connectivity index (χ0n) is 12.8. The fourth-order valence-electron chi connectivity index (χ4n) is 2.77. The number of aliphatic hydroxyl groups excluding tert-OH is 1. The van der Waals surface area contributed by atoms with Gasteiger partial charge in [0.25, 0.3) is 0 Å². The minimum absolute atomic E-state index is 0.0320. The average Bonchev–Trinajstić information content (AvgIpc) is 2.59. The molecule has 0 spiro atoms. The second-order valence-corrected chi connectivity index (χ2v) is 5.71. The number of anilines is 1. The highest BCUT2D eigenvalue weighted by Crippen LogP contribution is 2.17. The number of aliphatic hydroxyl groups is 1. The third kappa shape index (κ3) is 4.03. The number of aromatic nitrogens is 2. The Balaban J connectivity index is 1.55. The number of nitrogens with zero attached hydrogens (tertiary/aromatic N) is 4. The van der Waals surface area contributed by atoms with Crippen molar-refractivity contribution in [3.8, 4) is 6.07 Å². The molecular weight excluding hydrogens is 290 g/mol. The molecule has 0 bridgehead atoms. The summed E-state index contributed by atoms with van der Waals surface area (Å²) in [5, 5.41) is 22.4. The van der Waals surface area contributed by atoms with Gasteiger partial charge in [0.15, 0.2) is 0 Å². The van der Waals surface area contributed by atoms with E-state index in [4.69, 9.17) is 5.26 Å². The minimum Gasteiger partial charge on any atom is -0.390 e. The molecule has 0 aromatic carbocycles. The van der Waals surface area contributed by atoms with Crippen molar-refractivity contribution in [1.82, 2.24) is 14.9 Å². The molecule has 3 heterocycles. The monoisotopic (exact) mass is 309 g/mol. The highest BCUT2D eigenvalue weighted by Gasteiger charge is 2.27. The number of piperidine rings is 1. The molecule has 2 atom stereocenters. The molecule has 0 saturated carbocycles. The van der Waals surface area contributed by atoms with E-state index in [1.807, 2.05) is 24.3 Å². The van der Waals surface area contributed by atoms with Crippen molar-refractivity contribution in [2.45, 2.75) is 25.1 Å². The predicted molar refractivity (Wildman–Crippen MR) is 86.5 cm³/mol. The first kappa shape index (κ1) is 15.4. The van der Waals surface area contributed by atoms with Crippen molar-refractivity contribution in [2.24, 2.45) is 0 Å². The lowest BCUT2D eigenvalue weighted by atomic mass is 10.0. The van der Waals surface area contributed by atoms with Crippen LogP contribution in [0.5, 0.6) is 0 Å². The second kappa shape index (κ2) is 7.18. The standard InChI is InChI=1S/C17H19N5O/c18-9-13-4-5-17(20-10-13)21-15-6-8-22(12-16(15)23)11-14-3-1-2-7-19-14/h1-5,7,10,15-16,23H,6,8,11-12H2,(H,20,21)/t15-,16-/m1/s1. The normalized spacial score (nSPS) is 21.6. The Morgan fingerprint density at radius 3 is 2.87 bits per heavy atom. The van der Waals surface area contributed by atoms with Gasteiger partial charge in [-0.3, -0.25) is 9.88 Å². The Morgan fingerprint density at radius 1 is 1.30 bits per heavy atom. The summed E-state index contributed by atoms with van der Waals surface area (Å²) < 4.78 is 0. The van der Waals surface area contributed by atoms with Crippen LogP contribution in [0.1, 0.15) is 17.7 Å². The molecule has 1 fully saturated rings. The van der Waals surface area contributed by atoms with Gasteiger partial charge in [0, 0.05) is 32.0 Å². The number of β-amino-alcohol motifs (C(OH)–C–C–N with tert-alkyl or cyclic N) is 1. The van der Waals surface area contributed by atoms with Gasteiger partial charge >= 0.3 is 0 Å². The molecule has 1 aliphatic rings. The summed E-state index contributed by atoms with van der Waals surface area (Å²) in [5.74, 6) is 0.686. The lowest BCUT2D eigenvalue weighted by Gasteiger charge is -2.36. The molecule has 6 nitrogen and oxygen atoms in total. The zero-order valence-corrected chi connectivity index (χ0v) is 12.8. The van der Waals surface area contributed by atoms with E-state index in [1.54, 1.807) is 18.3 Å². The van der Waals surface area contributed by atoms with E-state index in [1.165, 1.54) is 6.20 Å². The predicted octanol–water partition coefficient (Wildman–Crippen LogP) is 1.40. The van der Waals surface area contributed by atoms with Gasteiger partial charge in [-0.2, -0.15) is 5.26 Å². The number of hydrogen-bond acceptors (Lipinski definition) is 6. The topological polar surface area (TPSA) is 85.1 Å². The number of nitrogens with one attached hydrogen (secondary N) is 1. The van der Waals surface area contributed by atoms with Crippen LogP contribution in [0.3, 0.4) is 0 Å². The van der Waals surface area contributed by atoms with E-state index in [9.17, 15) is 5.11 Å². The highest BCUT2D eigenvalue weighted by molar-refractivity contribution is 5.40. The van der Waals surface area contributed by atoms with Gasteiger partial charge in [-0.15, -0.1) is 0 Å². The summed E-state index contributed by atoms with van der Waals surface area (Å²) in [5.41, 5.74) is 1.54. The molecule has 23 heavy (non-hydrogen) atoms. The third-order valence-corrected chi connectivity index (χ3v) is 4.00. The Morgan fingerprint density at radius 2 is 2.22 bits per heavy atom. The minimum atomic E-state index is -0.468. The fourth-order valence-corrected chi connectivity index (χ4v) is 2.77. The first-order valence-corrected chi connectivity index (χ1v) is 7.67. The Hall–Kier alpha value is -2.49. The van der Waals surface area contributed by atoms with Crippen molar-refractivity contribution < 1.29 is 5.11 Å². The molecular formula is C17H19N5O. The highest BCUT2D eigenvalue weighted by atomic mass is 16.3. The molecule has 2 aromatic heterocycles. The number of rotatable bonds is 4. The van der Waals surface area contributed by atoms with Crippen molar-refractivity contribution >= 4 is 5.82 Å². The average molecular weight is 309 g/mol. The van der Waals surface area contributed by atoms with Crippen molar-refractivity contribution in [1.29, 1.82) is 5.26 Å². The van der Waals surface area contributed by atoms with Gasteiger partial charge in [-0.25, -0.2) is 4.98 Å². The quantitative estimate of drug-likeness (QED) is 0.888. The summed E-state index contributed by atoms with van der Waals surface area (Å²) in [6.07, 6.45) is 3.68. The van der Waals surface area contributed by atoms with E-state index in [-0.39, 0.29) is 6.04 Å². The van der Waals surface area contributed by atoms with Crippen LogP contribution in [0.4, 0.5) is 5.82 Å². The SMILES string of the molecule is N#Cc1ccc(N[C@@H]2CCN(Cc3ccccn3)C[C@H]2O)nc1. The van der Waals surface area contributed by atoms with Crippen LogP contribution < -0.4 is 5.32 Å². The van der Waals surface area contributed by atoms with Crippen LogP contribution in [0.2, 0.25) is 0 Å². The molecule has 2 N–H and O–H groups in total. The molecule has 0 aliphatic carbocycles. The first-order valence-electron chi connectivity index (χ1n) is 7.67. The molecule has 118 valence electrons. The van der Waals surface area contributed by atoms with Crippen LogP contribution in [-0.2, 0) is 6.54 Å².